The lowest BCUT2D eigenvalue weighted by Gasteiger charge is -2.12. The summed E-state index contributed by atoms with van der Waals surface area (Å²) in [5.74, 6) is 0.744. The Hall–Kier alpha value is -0.660. The van der Waals surface area contributed by atoms with Crippen LogP contribution in [-0.2, 0) is 0 Å². The highest BCUT2D eigenvalue weighted by atomic mass is 32.2. The Morgan fingerprint density at radius 2 is 2.24 bits per heavy atom. The molecule has 0 bridgehead atoms. The van der Waals surface area contributed by atoms with E-state index in [1.54, 1.807) is 11.8 Å². The summed E-state index contributed by atoms with van der Waals surface area (Å²) in [7, 11) is 0. The summed E-state index contributed by atoms with van der Waals surface area (Å²) in [5.41, 5.74) is 5.85. The highest BCUT2D eigenvalue weighted by Gasteiger charge is 2.21. The maximum atomic E-state index is 8.79. The predicted octanol–water partition coefficient (Wildman–Crippen LogP) is 0.590. The molecule has 0 spiro atoms. The average Bonchev–Trinajstić information content (AvgIpc) is 2.97. The van der Waals surface area contributed by atoms with E-state index < -0.39 is 0 Å². The zero-order valence-electron chi connectivity index (χ0n) is 9.83. The molecule has 7 heteroatoms. The fourth-order valence-corrected chi connectivity index (χ4v) is 3.03. The minimum atomic E-state index is -0.00118. The van der Waals surface area contributed by atoms with E-state index in [9.17, 15) is 0 Å². The molecule has 0 saturated heterocycles. The van der Waals surface area contributed by atoms with Crippen molar-refractivity contribution in [1.29, 1.82) is 0 Å². The van der Waals surface area contributed by atoms with Crippen molar-refractivity contribution in [1.82, 2.24) is 20.2 Å². The van der Waals surface area contributed by atoms with Gasteiger partial charge in [-0.3, -0.25) is 0 Å². The Labute approximate surface area is 105 Å². The van der Waals surface area contributed by atoms with E-state index in [0.29, 0.717) is 12.5 Å². The Balaban J connectivity index is 1.90. The molecule has 6 nitrogen and oxygen atoms in total. The van der Waals surface area contributed by atoms with Gasteiger partial charge in [-0.25, -0.2) is 4.68 Å². The molecule has 96 valence electrons. The number of hydrogen-bond acceptors (Lipinski definition) is 6. The van der Waals surface area contributed by atoms with Crippen LogP contribution >= 0.6 is 11.8 Å². The molecule has 0 amide bonds. The molecule has 0 radical (unpaired) electrons. The quantitative estimate of drug-likeness (QED) is 0.725. The summed E-state index contributed by atoms with van der Waals surface area (Å²) >= 11 is 1.58. The Bertz CT molecular complexity index is 339. The van der Waals surface area contributed by atoms with Crippen LogP contribution in [0.15, 0.2) is 5.16 Å². The molecular weight excluding hydrogens is 238 g/mol. The third-order valence-electron chi connectivity index (χ3n) is 3.06. The van der Waals surface area contributed by atoms with Gasteiger partial charge in [0.05, 0.1) is 6.04 Å². The predicted molar refractivity (Wildman–Crippen MR) is 65.7 cm³/mol. The standard InChI is InChI=1S/C10H19N5OS/c11-8(5-6-16)7-17-10-12-13-14-15(10)9-3-1-2-4-9/h8-9,16H,1-7,11H2. The van der Waals surface area contributed by atoms with E-state index in [0.717, 1.165) is 10.9 Å². The molecular formula is C10H19N5OS. The monoisotopic (exact) mass is 257 g/mol. The Morgan fingerprint density at radius 3 is 2.94 bits per heavy atom. The van der Waals surface area contributed by atoms with E-state index in [1.807, 2.05) is 4.68 Å². The van der Waals surface area contributed by atoms with Crippen LogP contribution in [0.25, 0.3) is 0 Å². The molecule has 0 aromatic carbocycles. The van der Waals surface area contributed by atoms with Gasteiger partial charge < -0.3 is 10.8 Å². The third kappa shape index (κ3) is 3.40. The first-order valence-electron chi connectivity index (χ1n) is 6.08. The van der Waals surface area contributed by atoms with Crippen molar-refractivity contribution in [3.8, 4) is 0 Å². The maximum Gasteiger partial charge on any atom is 0.209 e. The number of hydrogen-bond donors (Lipinski definition) is 2. The van der Waals surface area contributed by atoms with Crippen molar-refractivity contribution < 1.29 is 5.11 Å². The van der Waals surface area contributed by atoms with Crippen LogP contribution in [0.5, 0.6) is 0 Å². The van der Waals surface area contributed by atoms with Gasteiger partial charge in [0.2, 0.25) is 5.16 Å². The molecule has 1 aliphatic rings. The fraction of sp³-hybridized carbons (Fsp3) is 0.900. The second-order valence-electron chi connectivity index (χ2n) is 4.43. The molecule has 1 fully saturated rings. The summed E-state index contributed by atoms with van der Waals surface area (Å²) in [6.07, 6.45) is 5.48. The minimum Gasteiger partial charge on any atom is -0.396 e. The van der Waals surface area contributed by atoms with Gasteiger partial charge in [-0.05, 0) is 29.7 Å². The maximum absolute atomic E-state index is 8.79. The first kappa shape index (κ1) is 12.8. The van der Waals surface area contributed by atoms with Crippen LogP contribution in [0.3, 0.4) is 0 Å². The zero-order valence-corrected chi connectivity index (χ0v) is 10.6. The Morgan fingerprint density at radius 1 is 1.47 bits per heavy atom. The number of aliphatic hydroxyl groups is 1. The van der Waals surface area contributed by atoms with Crippen LogP contribution in [-0.4, -0.2) is 43.7 Å². The molecule has 1 atom stereocenters. The van der Waals surface area contributed by atoms with Crippen molar-refractivity contribution >= 4 is 11.8 Å². The van der Waals surface area contributed by atoms with E-state index in [2.05, 4.69) is 15.5 Å². The fourth-order valence-electron chi connectivity index (χ4n) is 2.09. The van der Waals surface area contributed by atoms with Gasteiger partial charge in [-0.15, -0.1) is 5.10 Å². The summed E-state index contributed by atoms with van der Waals surface area (Å²) < 4.78 is 1.93. The minimum absolute atomic E-state index is 0.00118. The van der Waals surface area contributed by atoms with Gasteiger partial charge >= 0.3 is 0 Å². The van der Waals surface area contributed by atoms with Crippen molar-refractivity contribution in [3.05, 3.63) is 0 Å². The van der Waals surface area contributed by atoms with E-state index in [-0.39, 0.29) is 12.6 Å². The SMILES string of the molecule is NC(CCO)CSc1nnnn1C1CCCC1. The Kier molecular flexibility index (Phi) is 4.75. The van der Waals surface area contributed by atoms with Crippen molar-refractivity contribution in [2.24, 2.45) is 5.73 Å². The third-order valence-corrected chi connectivity index (χ3v) is 4.18. The van der Waals surface area contributed by atoms with Gasteiger partial charge in [0, 0.05) is 18.4 Å². The summed E-state index contributed by atoms with van der Waals surface area (Å²) in [6.45, 7) is 0.134. The highest BCUT2D eigenvalue weighted by molar-refractivity contribution is 7.99. The van der Waals surface area contributed by atoms with Crippen LogP contribution in [0, 0.1) is 0 Å². The first-order valence-corrected chi connectivity index (χ1v) is 7.07. The van der Waals surface area contributed by atoms with Gasteiger partial charge in [-0.2, -0.15) is 0 Å². The summed E-state index contributed by atoms with van der Waals surface area (Å²) in [6, 6.07) is 0.459. The van der Waals surface area contributed by atoms with Gasteiger partial charge in [-0.1, -0.05) is 24.6 Å². The first-order chi connectivity index (χ1) is 8.31. The molecule has 1 heterocycles. The lowest BCUT2D eigenvalue weighted by Crippen LogP contribution is -2.24. The van der Waals surface area contributed by atoms with Crippen molar-refractivity contribution in [3.63, 3.8) is 0 Å². The van der Waals surface area contributed by atoms with E-state index in [1.165, 1.54) is 25.7 Å². The number of aromatic nitrogens is 4. The molecule has 1 aliphatic carbocycles. The molecule has 1 saturated carbocycles. The van der Waals surface area contributed by atoms with Crippen LogP contribution in [0.4, 0.5) is 0 Å². The number of tetrazole rings is 1. The number of thioether (sulfide) groups is 1. The van der Waals surface area contributed by atoms with Gasteiger partial charge in [0.15, 0.2) is 0 Å². The van der Waals surface area contributed by atoms with Crippen LogP contribution < -0.4 is 5.73 Å². The molecule has 1 aromatic rings. The molecule has 2 rings (SSSR count). The normalized spacial score (nSPS) is 18.7. The smallest absolute Gasteiger partial charge is 0.209 e. The van der Waals surface area contributed by atoms with Gasteiger partial charge in [0.25, 0.3) is 0 Å². The summed E-state index contributed by atoms with van der Waals surface area (Å²) in [5, 5.41) is 21.5. The highest BCUT2D eigenvalue weighted by Crippen LogP contribution is 2.31. The summed E-state index contributed by atoms with van der Waals surface area (Å²) in [4.78, 5) is 0. The topological polar surface area (TPSA) is 89.8 Å². The second kappa shape index (κ2) is 6.32. The van der Waals surface area contributed by atoms with E-state index >= 15 is 0 Å². The second-order valence-corrected chi connectivity index (χ2v) is 5.41. The number of aliphatic hydroxyl groups excluding tert-OH is 1. The largest absolute Gasteiger partial charge is 0.396 e. The molecule has 1 aromatic heterocycles. The number of nitrogens with two attached hydrogens (primary N) is 1. The van der Waals surface area contributed by atoms with E-state index in [4.69, 9.17) is 10.8 Å². The number of rotatable bonds is 6. The molecule has 0 aliphatic heterocycles. The lowest BCUT2D eigenvalue weighted by atomic mass is 10.3. The van der Waals surface area contributed by atoms with Crippen LogP contribution in [0.1, 0.15) is 38.1 Å². The molecule has 17 heavy (non-hydrogen) atoms. The average molecular weight is 257 g/mol. The molecule has 1 unspecified atom stereocenters. The van der Waals surface area contributed by atoms with Crippen molar-refractivity contribution in [2.75, 3.05) is 12.4 Å². The van der Waals surface area contributed by atoms with Crippen molar-refractivity contribution in [2.45, 2.75) is 49.3 Å². The zero-order chi connectivity index (χ0) is 12.1. The molecule has 3 N–H and O–H groups in total. The van der Waals surface area contributed by atoms with Gasteiger partial charge in [0.1, 0.15) is 0 Å². The lowest BCUT2D eigenvalue weighted by molar-refractivity contribution is 0.279. The number of nitrogens with zero attached hydrogens (tertiary/aromatic N) is 4. The van der Waals surface area contributed by atoms with Crippen LogP contribution in [0.2, 0.25) is 0 Å².